The minimum atomic E-state index is -1.19. The maximum Gasteiger partial charge on any atom is 0.312 e. The molecule has 0 aliphatic heterocycles. The van der Waals surface area contributed by atoms with E-state index in [1.165, 1.54) is 0 Å². The molecule has 5 N–H and O–H groups in total. The van der Waals surface area contributed by atoms with Gasteiger partial charge >= 0.3 is 11.9 Å². The molecule has 12 unspecified atom stereocenters. The summed E-state index contributed by atoms with van der Waals surface area (Å²) in [6.07, 6.45) is 8.69. The second kappa shape index (κ2) is 7.19. The lowest BCUT2D eigenvalue weighted by Gasteiger charge is -2.68. The molecule has 0 saturated heterocycles. The van der Waals surface area contributed by atoms with E-state index in [4.69, 9.17) is 0 Å². The van der Waals surface area contributed by atoms with Crippen molar-refractivity contribution in [3.63, 3.8) is 0 Å². The third-order valence-electron chi connectivity index (χ3n) is 14.1. The van der Waals surface area contributed by atoms with E-state index in [0.29, 0.717) is 25.7 Å². The second-order valence-corrected chi connectivity index (χ2v) is 15.0. The number of aliphatic hydroxyl groups excluding tert-OH is 3. The van der Waals surface area contributed by atoms with Crippen LogP contribution in [-0.2, 0) is 9.59 Å². The summed E-state index contributed by atoms with van der Waals surface area (Å²) in [5, 5.41) is 53.7. The highest BCUT2D eigenvalue weighted by Crippen LogP contribution is 2.90. The summed E-state index contributed by atoms with van der Waals surface area (Å²) in [4.78, 5) is 25.4. The molecule has 7 nitrogen and oxygen atoms in total. The number of rotatable bonds is 3. The minimum Gasteiger partial charge on any atom is -0.481 e. The molecule has 6 aliphatic carbocycles. The highest BCUT2D eigenvalue weighted by Gasteiger charge is 2.86. The SMILES string of the molecule is CC1(CO)CCC2(C(=O)O)CCC34CC3(C=CC3C5(C)CCC(O)C(C)(C(=O)O)C5CCC34C)C2C1O. The van der Waals surface area contributed by atoms with Gasteiger partial charge in [-0.3, -0.25) is 9.59 Å². The average Bonchev–Trinajstić information content (AvgIpc) is 3.55. The van der Waals surface area contributed by atoms with Crippen molar-refractivity contribution in [2.45, 2.75) is 97.7 Å². The van der Waals surface area contributed by atoms with Crippen molar-refractivity contribution in [1.82, 2.24) is 0 Å². The predicted octanol–water partition coefficient (Wildman–Crippen LogP) is 3.85. The van der Waals surface area contributed by atoms with Gasteiger partial charge in [-0.25, -0.2) is 0 Å². The first-order chi connectivity index (χ1) is 17.2. The average molecular weight is 517 g/mol. The van der Waals surface area contributed by atoms with Gasteiger partial charge in [-0.05, 0) is 92.8 Å². The first kappa shape index (κ1) is 25.8. The number of carbonyl (C=O) groups is 2. The lowest BCUT2D eigenvalue weighted by Crippen LogP contribution is -2.66. The van der Waals surface area contributed by atoms with E-state index in [0.717, 1.165) is 32.1 Å². The number of allylic oxidation sites excluding steroid dienone is 2. The van der Waals surface area contributed by atoms with Gasteiger partial charge in [0.05, 0.1) is 29.6 Å². The summed E-state index contributed by atoms with van der Waals surface area (Å²) < 4.78 is 0. The van der Waals surface area contributed by atoms with Crippen LogP contribution in [0.5, 0.6) is 0 Å². The normalized spacial score (nSPS) is 59.7. The summed E-state index contributed by atoms with van der Waals surface area (Å²) in [5.74, 6) is -2.21. The molecule has 5 saturated carbocycles. The van der Waals surface area contributed by atoms with Crippen LogP contribution in [0.2, 0.25) is 0 Å². The molecule has 206 valence electrons. The van der Waals surface area contributed by atoms with Crippen LogP contribution in [0.25, 0.3) is 0 Å². The van der Waals surface area contributed by atoms with Crippen molar-refractivity contribution >= 4 is 11.9 Å². The molecule has 0 aromatic heterocycles. The van der Waals surface area contributed by atoms with E-state index in [9.17, 15) is 35.1 Å². The molecule has 5 fully saturated rings. The summed E-state index contributed by atoms with van der Waals surface area (Å²) in [6.45, 7) is 8.03. The number of hydrogen-bond donors (Lipinski definition) is 5. The van der Waals surface area contributed by atoms with Crippen LogP contribution in [0.15, 0.2) is 12.2 Å². The van der Waals surface area contributed by atoms with Gasteiger partial charge in [-0.1, -0.05) is 32.9 Å². The fraction of sp³-hybridized carbons (Fsp3) is 0.867. The minimum absolute atomic E-state index is 0.128. The molecule has 0 bridgehead atoms. The number of hydrogen-bond acceptors (Lipinski definition) is 5. The third kappa shape index (κ3) is 2.56. The molecule has 37 heavy (non-hydrogen) atoms. The van der Waals surface area contributed by atoms with Crippen molar-refractivity contribution in [3.05, 3.63) is 12.2 Å². The maximum absolute atomic E-state index is 12.9. The number of carboxylic acid groups (broad SMARTS) is 2. The number of carboxylic acids is 2. The van der Waals surface area contributed by atoms with Crippen LogP contribution in [0.3, 0.4) is 0 Å². The molecule has 0 amide bonds. The molecular weight excluding hydrogens is 472 g/mol. The Kier molecular flexibility index (Phi) is 5.02. The van der Waals surface area contributed by atoms with Crippen LogP contribution in [0.4, 0.5) is 0 Å². The molecular formula is C30H44O7. The van der Waals surface area contributed by atoms with Gasteiger partial charge in [0.25, 0.3) is 0 Å². The smallest absolute Gasteiger partial charge is 0.312 e. The molecule has 0 spiro atoms. The lowest BCUT2D eigenvalue weighted by atomic mass is 9.36. The van der Waals surface area contributed by atoms with Gasteiger partial charge in [0.15, 0.2) is 0 Å². The maximum atomic E-state index is 12.9. The number of aliphatic carboxylic acids is 2. The Balaban J connectivity index is 1.48. The molecule has 0 radical (unpaired) electrons. The van der Waals surface area contributed by atoms with Gasteiger partial charge in [-0.15, -0.1) is 0 Å². The van der Waals surface area contributed by atoms with E-state index in [2.05, 4.69) is 26.0 Å². The molecule has 12 atom stereocenters. The Hall–Kier alpha value is -1.44. The summed E-state index contributed by atoms with van der Waals surface area (Å²) in [6, 6.07) is 0. The van der Waals surface area contributed by atoms with Crippen LogP contribution in [-0.4, -0.2) is 56.3 Å². The summed E-state index contributed by atoms with van der Waals surface area (Å²) in [5.41, 5.74) is -3.88. The van der Waals surface area contributed by atoms with Crippen LogP contribution < -0.4 is 0 Å². The zero-order valence-electron chi connectivity index (χ0n) is 22.7. The Morgan fingerprint density at radius 2 is 1.57 bits per heavy atom. The monoisotopic (exact) mass is 516 g/mol. The predicted molar refractivity (Wildman–Crippen MR) is 135 cm³/mol. The molecule has 6 rings (SSSR count). The molecule has 7 heteroatoms. The third-order valence-corrected chi connectivity index (χ3v) is 14.1. The molecule has 0 aromatic carbocycles. The first-order valence-electron chi connectivity index (χ1n) is 14.3. The topological polar surface area (TPSA) is 135 Å². The van der Waals surface area contributed by atoms with E-state index in [-0.39, 0.29) is 34.7 Å². The Morgan fingerprint density at radius 1 is 0.892 bits per heavy atom. The molecule has 0 aromatic rings. The quantitative estimate of drug-likeness (QED) is 0.360. The molecule has 0 heterocycles. The van der Waals surface area contributed by atoms with Gasteiger partial charge in [0.2, 0.25) is 0 Å². The van der Waals surface area contributed by atoms with Gasteiger partial charge in [-0.2, -0.15) is 0 Å². The van der Waals surface area contributed by atoms with Gasteiger partial charge in [0.1, 0.15) is 0 Å². The number of fused-ring (bicyclic) bond motifs is 4. The van der Waals surface area contributed by atoms with Crippen LogP contribution in [0.1, 0.15) is 85.5 Å². The first-order valence-corrected chi connectivity index (χ1v) is 14.3. The fourth-order valence-corrected chi connectivity index (χ4v) is 11.7. The zero-order chi connectivity index (χ0) is 27.0. The van der Waals surface area contributed by atoms with E-state index in [1.807, 2.05) is 6.92 Å². The van der Waals surface area contributed by atoms with E-state index in [1.54, 1.807) is 6.92 Å². The van der Waals surface area contributed by atoms with E-state index < -0.39 is 51.7 Å². The van der Waals surface area contributed by atoms with Crippen molar-refractivity contribution in [2.24, 2.45) is 55.7 Å². The molecule has 6 aliphatic rings. The standard InChI is InChI=1S/C30H44O7/c1-24(16-31)11-12-28(23(36)37)13-14-30-15-29(30,20(28)21(24)33)10-6-17-25(2)8-7-19(32)27(4,22(34)35)18(25)5-9-26(17,30)3/h6,10,17-21,31-33H,5,7-9,11-16H2,1-4H3,(H,34,35)(H,36,37). The fourth-order valence-electron chi connectivity index (χ4n) is 11.7. The zero-order valence-corrected chi connectivity index (χ0v) is 22.7. The summed E-state index contributed by atoms with van der Waals surface area (Å²) >= 11 is 0. The summed E-state index contributed by atoms with van der Waals surface area (Å²) in [7, 11) is 0. The Labute approximate surface area is 219 Å². The number of aliphatic hydroxyl groups is 3. The van der Waals surface area contributed by atoms with E-state index >= 15 is 0 Å². The Morgan fingerprint density at radius 3 is 2.19 bits per heavy atom. The van der Waals surface area contributed by atoms with Crippen LogP contribution in [0, 0.1) is 55.7 Å². The Bertz CT molecular complexity index is 1090. The van der Waals surface area contributed by atoms with Crippen molar-refractivity contribution in [3.8, 4) is 0 Å². The van der Waals surface area contributed by atoms with Gasteiger partial charge in [0, 0.05) is 16.7 Å². The van der Waals surface area contributed by atoms with Crippen molar-refractivity contribution in [2.75, 3.05) is 6.61 Å². The highest BCUT2D eigenvalue weighted by molar-refractivity contribution is 5.77. The van der Waals surface area contributed by atoms with Crippen molar-refractivity contribution < 1.29 is 35.1 Å². The lowest BCUT2D eigenvalue weighted by molar-refractivity contribution is -0.221. The van der Waals surface area contributed by atoms with Gasteiger partial charge < -0.3 is 25.5 Å². The van der Waals surface area contributed by atoms with Crippen LogP contribution >= 0.6 is 0 Å². The highest BCUT2D eigenvalue weighted by atomic mass is 16.4. The second-order valence-electron chi connectivity index (χ2n) is 15.0. The largest absolute Gasteiger partial charge is 0.481 e. The van der Waals surface area contributed by atoms with Crippen molar-refractivity contribution in [1.29, 1.82) is 0 Å².